The minimum atomic E-state index is -0.416. The second-order valence-electron chi connectivity index (χ2n) is 7.26. The fourth-order valence-electron chi connectivity index (χ4n) is 3.55. The molecule has 0 aliphatic carbocycles. The predicted octanol–water partition coefficient (Wildman–Crippen LogP) is 5.05. The zero-order chi connectivity index (χ0) is 22.4. The summed E-state index contributed by atoms with van der Waals surface area (Å²) in [6, 6.07) is 11.7. The van der Waals surface area contributed by atoms with E-state index in [2.05, 4.69) is 5.43 Å². The van der Waals surface area contributed by atoms with Crippen molar-refractivity contribution in [2.45, 2.75) is 13.8 Å². The third-order valence-electron chi connectivity index (χ3n) is 5.20. The average molecular weight is 463 g/mol. The molecule has 160 valence electrons. The normalized spacial score (nSPS) is 13.7. The van der Waals surface area contributed by atoms with Crippen LogP contribution in [0.3, 0.4) is 0 Å². The third kappa shape index (κ3) is 3.35. The Morgan fingerprint density at radius 3 is 2.47 bits per heavy atom. The molecule has 0 saturated carbocycles. The first-order valence-corrected chi connectivity index (χ1v) is 11.5. The van der Waals surface area contributed by atoms with Crippen LogP contribution in [0.5, 0.6) is 5.75 Å². The number of benzene rings is 1. The highest BCUT2D eigenvalue weighted by Gasteiger charge is 2.30. The summed E-state index contributed by atoms with van der Waals surface area (Å²) in [6.07, 6.45) is 1.32. The van der Waals surface area contributed by atoms with Crippen molar-refractivity contribution in [2.24, 2.45) is 0 Å². The maximum absolute atomic E-state index is 12.5. The molecule has 5 rings (SSSR count). The molecule has 1 aliphatic rings. The summed E-state index contributed by atoms with van der Waals surface area (Å²) in [5.74, 6) is 0.949. The van der Waals surface area contributed by atoms with E-state index in [0.29, 0.717) is 17.2 Å². The second kappa shape index (κ2) is 7.85. The van der Waals surface area contributed by atoms with Crippen LogP contribution in [0.2, 0.25) is 0 Å². The number of nitrogens with one attached hydrogen (secondary N) is 1. The monoisotopic (exact) mass is 462 g/mol. The van der Waals surface area contributed by atoms with Crippen LogP contribution in [-0.4, -0.2) is 33.9 Å². The maximum Gasteiger partial charge on any atom is 0.275 e. The van der Waals surface area contributed by atoms with Crippen LogP contribution in [0.1, 0.15) is 12.5 Å². The van der Waals surface area contributed by atoms with Gasteiger partial charge in [0.15, 0.2) is 11.6 Å². The zero-order valence-corrected chi connectivity index (χ0v) is 19.1. The van der Waals surface area contributed by atoms with Gasteiger partial charge in [0.1, 0.15) is 10.6 Å². The Labute approximate surface area is 192 Å². The summed E-state index contributed by atoms with van der Waals surface area (Å²) in [6.45, 7) is 3.61. The highest BCUT2D eigenvalue weighted by Crippen LogP contribution is 2.41. The number of aromatic nitrogens is 2. The van der Waals surface area contributed by atoms with Crippen molar-refractivity contribution in [2.75, 3.05) is 12.5 Å². The largest absolute Gasteiger partial charge is 0.497 e. The van der Waals surface area contributed by atoms with Gasteiger partial charge in [-0.05, 0) is 60.7 Å². The molecule has 0 atom stereocenters. The Balaban J connectivity index is 1.67. The van der Waals surface area contributed by atoms with E-state index in [1.54, 1.807) is 25.4 Å². The highest BCUT2D eigenvalue weighted by molar-refractivity contribution is 7.22. The number of anilines is 1. The van der Waals surface area contributed by atoms with Crippen molar-refractivity contribution >= 4 is 50.5 Å². The lowest BCUT2D eigenvalue weighted by atomic mass is 10.1. The van der Waals surface area contributed by atoms with Crippen LogP contribution in [0.15, 0.2) is 53.4 Å². The van der Waals surface area contributed by atoms with E-state index in [9.17, 15) is 9.59 Å². The van der Waals surface area contributed by atoms with Crippen molar-refractivity contribution in [3.8, 4) is 26.9 Å². The first kappa shape index (κ1) is 20.3. The summed E-state index contributed by atoms with van der Waals surface area (Å²) in [7, 11) is 1.64. The first-order valence-electron chi connectivity index (χ1n) is 9.79. The van der Waals surface area contributed by atoms with Crippen LogP contribution < -0.4 is 10.2 Å². The Bertz CT molecular complexity index is 1390. The number of methoxy groups -OCH3 is 1. The van der Waals surface area contributed by atoms with E-state index in [0.717, 1.165) is 41.9 Å². The molecule has 32 heavy (non-hydrogen) atoms. The molecule has 7 nitrogen and oxygen atoms in total. The molecule has 0 fully saturated rings. The standard InChI is InChI=1S/C23H18N4O3S2/c1-12-11-17(28)27(23(12)29)26-21-18-13(2)19(14-6-8-15(30-3)9-7-14)32-22(18)25-20(24-21)16-5-4-10-31-16/h4-11H,1-3H3,(H,24,25,26). The fraction of sp³-hybridized carbons (Fsp3) is 0.130. The lowest BCUT2D eigenvalue weighted by Crippen LogP contribution is -2.36. The van der Waals surface area contributed by atoms with Gasteiger partial charge in [-0.15, -0.1) is 22.7 Å². The first-order chi connectivity index (χ1) is 15.5. The Morgan fingerprint density at radius 2 is 1.84 bits per heavy atom. The van der Waals surface area contributed by atoms with Crippen molar-refractivity contribution in [1.29, 1.82) is 0 Å². The zero-order valence-electron chi connectivity index (χ0n) is 17.5. The second-order valence-corrected chi connectivity index (χ2v) is 9.20. The van der Waals surface area contributed by atoms with Gasteiger partial charge in [0, 0.05) is 16.5 Å². The van der Waals surface area contributed by atoms with Crippen molar-refractivity contribution in [3.05, 3.63) is 59.0 Å². The van der Waals surface area contributed by atoms with Gasteiger partial charge in [0.05, 0.1) is 17.4 Å². The molecule has 2 amide bonds. The van der Waals surface area contributed by atoms with Crippen LogP contribution in [0.25, 0.3) is 31.4 Å². The van der Waals surface area contributed by atoms with E-state index in [4.69, 9.17) is 14.7 Å². The van der Waals surface area contributed by atoms with Gasteiger partial charge in [-0.2, -0.15) is 5.01 Å². The number of hydrogen-bond acceptors (Lipinski definition) is 8. The average Bonchev–Trinajstić information content (AvgIpc) is 3.50. The minimum Gasteiger partial charge on any atom is -0.497 e. The number of fused-ring (bicyclic) bond motifs is 1. The van der Waals surface area contributed by atoms with E-state index in [1.807, 2.05) is 48.7 Å². The molecule has 0 radical (unpaired) electrons. The summed E-state index contributed by atoms with van der Waals surface area (Å²) >= 11 is 3.08. The molecule has 1 N–H and O–H groups in total. The van der Waals surface area contributed by atoms with Crippen molar-refractivity contribution < 1.29 is 14.3 Å². The number of hydrazine groups is 1. The summed E-state index contributed by atoms with van der Waals surface area (Å²) in [4.78, 5) is 37.0. The number of hydrogen-bond donors (Lipinski definition) is 1. The number of ether oxygens (including phenoxy) is 1. The molecule has 0 bridgehead atoms. The van der Waals surface area contributed by atoms with Crippen LogP contribution in [0, 0.1) is 6.92 Å². The highest BCUT2D eigenvalue weighted by atomic mass is 32.1. The molecule has 0 unspecified atom stereocenters. The van der Waals surface area contributed by atoms with E-state index < -0.39 is 5.91 Å². The number of carbonyl (C=O) groups is 2. The smallest absolute Gasteiger partial charge is 0.275 e. The minimum absolute atomic E-state index is 0.382. The van der Waals surface area contributed by atoms with Gasteiger partial charge in [-0.1, -0.05) is 6.07 Å². The molecule has 1 aliphatic heterocycles. The topological polar surface area (TPSA) is 84.4 Å². The van der Waals surface area contributed by atoms with E-state index in [-0.39, 0.29) is 5.91 Å². The Hall–Kier alpha value is -3.56. The number of amides is 2. The molecular weight excluding hydrogens is 444 g/mol. The molecular formula is C23H18N4O3S2. The third-order valence-corrected chi connectivity index (χ3v) is 7.30. The van der Waals surface area contributed by atoms with Gasteiger partial charge in [-0.25, -0.2) is 9.97 Å². The molecule has 3 aromatic heterocycles. The van der Waals surface area contributed by atoms with Gasteiger partial charge >= 0.3 is 0 Å². The number of thiophene rings is 2. The lowest BCUT2D eigenvalue weighted by molar-refractivity contribution is -0.135. The summed E-state index contributed by atoms with van der Waals surface area (Å²) in [5.41, 5.74) is 5.34. The molecule has 4 heterocycles. The van der Waals surface area contributed by atoms with Crippen LogP contribution >= 0.6 is 22.7 Å². The number of aryl methyl sites for hydroxylation is 1. The molecule has 0 spiro atoms. The molecule has 1 aromatic carbocycles. The Morgan fingerprint density at radius 1 is 1.06 bits per heavy atom. The number of imide groups is 1. The lowest BCUT2D eigenvalue weighted by Gasteiger charge is -2.17. The van der Waals surface area contributed by atoms with Crippen LogP contribution in [0.4, 0.5) is 5.82 Å². The quantitative estimate of drug-likeness (QED) is 0.418. The number of carbonyl (C=O) groups excluding carboxylic acids is 2. The van der Waals surface area contributed by atoms with Gasteiger partial charge in [0.25, 0.3) is 11.8 Å². The van der Waals surface area contributed by atoms with E-state index >= 15 is 0 Å². The molecule has 9 heteroatoms. The van der Waals surface area contributed by atoms with Crippen molar-refractivity contribution in [3.63, 3.8) is 0 Å². The molecule has 0 saturated heterocycles. The summed E-state index contributed by atoms with van der Waals surface area (Å²) in [5, 5.41) is 3.74. The van der Waals surface area contributed by atoms with E-state index in [1.165, 1.54) is 17.4 Å². The Kier molecular flexibility index (Phi) is 4.99. The van der Waals surface area contributed by atoms with Gasteiger partial charge in [-0.3, -0.25) is 15.0 Å². The van der Waals surface area contributed by atoms with Crippen LogP contribution in [-0.2, 0) is 9.59 Å². The van der Waals surface area contributed by atoms with Gasteiger partial charge < -0.3 is 4.74 Å². The molecule has 4 aromatic rings. The summed E-state index contributed by atoms with van der Waals surface area (Å²) < 4.78 is 5.27. The predicted molar refractivity (Wildman–Crippen MR) is 127 cm³/mol. The van der Waals surface area contributed by atoms with Gasteiger partial charge in [0.2, 0.25) is 0 Å². The number of rotatable bonds is 5. The fourth-order valence-corrected chi connectivity index (χ4v) is 5.40. The maximum atomic E-state index is 12.5. The SMILES string of the molecule is COc1ccc(-c2sc3nc(-c4cccs4)nc(NN4C(=O)C=C(C)C4=O)c3c2C)cc1. The number of nitrogens with zero attached hydrogens (tertiary/aromatic N) is 3. The van der Waals surface area contributed by atoms with Crippen molar-refractivity contribution in [1.82, 2.24) is 15.0 Å².